The van der Waals surface area contributed by atoms with Gasteiger partial charge in [-0.1, -0.05) is 23.2 Å². The highest BCUT2D eigenvalue weighted by Gasteiger charge is 2.19. The second-order valence-corrected chi connectivity index (χ2v) is 4.48. The Morgan fingerprint density at radius 2 is 2.05 bits per heavy atom. The molecule has 0 aliphatic rings. The summed E-state index contributed by atoms with van der Waals surface area (Å²) < 4.78 is 18.7. The smallest absolute Gasteiger partial charge is 0.340 e. The van der Waals surface area contributed by atoms with Crippen molar-refractivity contribution in [3.63, 3.8) is 0 Å². The lowest BCUT2D eigenvalue weighted by Gasteiger charge is -2.08. The van der Waals surface area contributed by atoms with Crippen molar-refractivity contribution in [2.75, 3.05) is 7.11 Å². The average molecular weight is 300 g/mol. The van der Waals surface area contributed by atoms with Crippen molar-refractivity contribution >= 4 is 29.2 Å². The molecule has 0 amide bonds. The van der Waals surface area contributed by atoms with Crippen LogP contribution in [0.4, 0.5) is 4.39 Å². The molecule has 0 spiro atoms. The van der Waals surface area contributed by atoms with E-state index in [4.69, 9.17) is 23.2 Å². The minimum absolute atomic E-state index is 0.0459. The molecule has 0 radical (unpaired) electrons. The molecule has 0 fully saturated rings. The van der Waals surface area contributed by atoms with Crippen molar-refractivity contribution in [3.8, 4) is 11.3 Å². The number of methoxy groups -OCH3 is 1. The number of carbonyl (C=O) groups is 1. The molecule has 0 bridgehead atoms. The molecule has 1 aromatic carbocycles. The fourth-order valence-electron chi connectivity index (χ4n) is 1.58. The van der Waals surface area contributed by atoms with Crippen LogP contribution >= 0.6 is 23.2 Å². The first-order chi connectivity index (χ1) is 9.04. The Balaban J connectivity index is 2.63. The molecule has 2 rings (SSSR count). The Hall–Kier alpha value is -1.65. The maximum Gasteiger partial charge on any atom is 0.340 e. The third kappa shape index (κ3) is 2.69. The number of hydrogen-bond acceptors (Lipinski definition) is 3. The number of benzene rings is 1. The Bertz CT molecular complexity index is 647. The maximum absolute atomic E-state index is 14.2. The van der Waals surface area contributed by atoms with E-state index in [1.165, 1.54) is 31.5 Å². The highest BCUT2D eigenvalue weighted by atomic mass is 35.5. The van der Waals surface area contributed by atoms with Crippen LogP contribution in [-0.2, 0) is 4.74 Å². The molecule has 0 atom stereocenters. The van der Waals surface area contributed by atoms with E-state index in [9.17, 15) is 9.18 Å². The minimum Gasteiger partial charge on any atom is -0.465 e. The van der Waals surface area contributed by atoms with Crippen molar-refractivity contribution in [2.45, 2.75) is 0 Å². The van der Waals surface area contributed by atoms with Crippen molar-refractivity contribution in [1.29, 1.82) is 0 Å². The van der Waals surface area contributed by atoms with Gasteiger partial charge in [0, 0.05) is 16.8 Å². The van der Waals surface area contributed by atoms with Crippen LogP contribution in [0.15, 0.2) is 30.5 Å². The van der Waals surface area contributed by atoms with E-state index in [2.05, 4.69) is 9.72 Å². The molecular weight excluding hydrogens is 292 g/mol. The predicted molar refractivity (Wildman–Crippen MR) is 71.0 cm³/mol. The van der Waals surface area contributed by atoms with E-state index in [1.54, 1.807) is 6.07 Å². The van der Waals surface area contributed by atoms with Crippen LogP contribution in [0.2, 0.25) is 10.0 Å². The summed E-state index contributed by atoms with van der Waals surface area (Å²) in [6.07, 6.45) is 1.31. The molecule has 6 heteroatoms. The third-order valence-electron chi connectivity index (χ3n) is 2.48. The summed E-state index contributed by atoms with van der Waals surface area (Å²) in [4.78, 5) is 15.3. The summed E-state index contributed by atoms with van der Waals surface area (Å²) in [6, 6.07) is 5.83. The van der Waals surface area contributed by atoms with Gasteiger partial charge < -0.3 is 4.74 Å². The summed E-state index contributed by atoms with van der Waals surface area (Å²) in [5.74, 6) is -1.57. The lowest BCUT2D eigenvalue weighted by Crippen LogP contribution is -2.06. The van der Waals surface area contributed by atoms with Gasteiger partial charge in [-0.15, -0.1) is 0 Å². The van der Waals surface area contributed by atoms with Crippen LogP contribution in [0.3, 0.4) is 0 Å². The zero-order valence-corrected chi connectivity index (χ0v) is 11.3. The summed E-state index contributed by atoms with van der Waals surface area (Å²) in [6.45, 7) is 0. The largest absolute Gasteiger partial charge is 0.465 e. The lowest BCUT2D eigenvalue weighted by molar-refractivity contribution is 0.0595. The maximum atomic E-state index is 14.2. The van der Waals surface area contributed by atoms with Gasteiger partial charge in [-0.3, -0.25) is 4.98 Å². The first kappa shape index (κ1) is 13.8. The molecule has 0 saturated carbocycles. The van der Waals surface area contributed by atoms with Gasteiger partial charge in [0.15, 0.2) is 5.82 Å². The topological polar surface area (TPSA) is 39.2 Å². The van der Waals surface area contributed by atoms with E-state index < -0.39 is 11.8 Å². The monoisotopic (exact) mass is 299 g/mol. The van der Waals surface area contributed by atoms with Crippen molar-refractivity contribution in [2.24, 2.45) is 0 Å². The van der Waals surface area contributed by atoms with E-state index in [-0.39, 0.29) is 16.3 Å². The van der Waals surface area contributed by atoms with Crippen LogP contribution in [0.25, 0.3) is 11.3 Å². The Morgan fingerprint density at radius 3 is 2.74 bits per heavy atom. The van der Waals surface area contributed by atoms with Gasteiger partial charge in [0.2, 0.25) is 0 Å². The van der Waals surface area contributed by atoms with Gasteiger partial charge in [-0.05, 0) is 24.3 Å². The number of aromatic nitrogens is 1. The summed E-state index contributed by atoms with van der Waals surface area (Å²) in [5.41, 5.74) is 0.0661. The van der Waals surface area contributed by atoms with E-state index in [1.807, 2.05) is 0 Å². The van der Waals surface area contributed by atoms with Gasteiger partial charge >= 0.3 is 5.97 Å². The minimum atomic E-state index is -0.793. The molecule has 0 unspecified atom stereocenters. The standard InChI is InChI=1S/C13H8Cl2FNO2/c1-19-13(18)8-4-5-17-12(11(8)16)9-6-7(14)2-3-10(9)15/h2-6H,1H3. The molecule has 0 aliphatic carbocycles. The zero-order valence-electron chi connectivity index (χ0n) is 9.78. The highest BCUT2D eigenvalue weighted by molar-refractivity contribution is 6.35. The molecular formula is C13H8Cl2FNO2. The molecule has 3 nitrogen and oxygen atoms in total. The number of rotatable bonds is 2. The summed E-state index contributed by atoms with van der Waals surface area (Å²) in [7, 11) is 1.17. The van der Waals surface area contributed by atoms with Gasteiger partial charge in [-0.2, -0.15) is 0 Å². The second kappa shape index (κ2) is 5.55. The number of halogens is 3. The lowest BCUT2D eigenvalue weighted by atomic mass is 10.1. The van der Waals surface area contributed by atoms with Gasteiger partial charge in [0.25, 0.3) is 0 Å². The number of esters is 1. The SMILES string of the molecule is COC(=O)c1ccnc(-c2cc(Cl)ccc2Cl)c1F. The number of pyridine rings is 1. The number of carbonyl (C=O) groups excluding carboxylic acids is 1. The fraction of sp³-hybridized carbons (Fsp3) is 0.0769. The third-order valence-corrected chi connectivity index (χ3v) is 3.04. The first-order valence-electron chi connectivity index (χ1n) is 5.23. The molecule has 1 heterocycles. The van der Waals surface area contributed by atoms with Crippen molar-refractivity contribution in [3.05, 3.63) is 51.9 Å². The molecule has 0 N–H and O–H groups in total. The van der Waals surface area contributed by atoms with Gasteiger partial charge in [-0.25, -0.2) is 9.18 Å². The Morgan fingerprint density at radius 1 is 1.32 bits per heavy atom. The average Bonchev–Trinajstić information content (AvgIpc) is 2.41. The van der Waals surface area contributed by atoms with E-state index >= 15 is 0 Å². The van der Waals surface area contributed by atoms with Crippen LogP contribution < -0.4 is 0 Å². The van der Waals surface area contributed by atoms with Crippen molar-refractivity contribution < 1.29 is 13.9 Å². The number of hydrogen-bond donors (Lipinski definition) is 0. The van der Waals surface area contributed by atoms with Gasteiger partial charge in [0.05, 0.1) is 17.7 Å². The second-order valence-electron chi connectivity index (χ2n) is 3.64. The Labute approximate surface area is 118 Å². The highest BCUT2D eigenvalue weighted by Crippen LogP contribution is 2.31. The summed E-state index contributed by atoms with van der Waals surface area (Å²) >= 11 is 11.8. The normalized spacial score (nSPS) is 10.3. The van der Waals surface area contributed by atoms with Crippen LogP contribution in [0.5, 0.6) is 0 Å². The predicted octanol–water partition coefficient (Wildman–Crippen LogP) is 3.98. The van der Waals surface area contributed by atoms with E-state index in [0.29, 0.717) is 10.6 Å². The first-order valence-corrected chi connectivity index (χ1v) is 5.98. The number of nitrogens with zero attached hydrogens (tertiary/aromatic N) is 1. The molecule has 1 aromatic heterocycles. The fourth-order valence-corrected chi connectivity index (χ4v) is 1.96. The van der Waals surface area contributed by atoms with Crippen LogP contribution in [-0.4, -0.2) is 18.1 Å². The molecule has 2 aromatic rings. The van der Waals surface area contributed by atoms with Gasteiger partial charge in [0.1, 0.15) is 5.69 Å². The number of ether oxygens (including phenoxy) is 1. The molecule has 98 valence electrons. The van der Waals surface area contributed by atoms with Crippen LogP contribution in [0.1, 0.15) is 10.4 Å². The molecule has 19 heavy (non-hydrogen) atoms. The Kier molecular flexibility index (Phi) is 4.02. The quantitative estimate of drug-likeness (QED) is 0.787. The van der Waals surface area contributed by atoms with Crippen molar-refractivity contribution in [1.82, 2.24) is 4.98 Å². The summed E-state index contributed by atoms with van der Waals surface area (Å²) in [5, 5.41) is 0.682. The van der Waals surface area contributed by atoms with E-state index in [0.717, 1.165) is 0 Å². The zero-order chi connectivity index (χ0) is 14.0. The molecule has 0 saturated heterocycles. The van der Waals surface area contributed by atoms with Crippen LogP contribution in [0, 0.1) is 5.82 Å². The molecule has 0 aliphatic heterocycles.